The predicted molar refractivity (Wildman–Crippen MR) is 81.7 cm³/mol. The van der Waals surface area contributed by atoms with E-state index in [1.807, 2.05) is 10.9 Å². The standard InChI is InChI=1S/C14H16BFN4O3/c16-14-7-12(5-6-13(14)15(21)18-22)23-9-10-8-20(19-17-10)11-3-1-2-4-11/h5-8,11,21H,1-4,9H2. The van der Waals surface area contributed by atoms with E-state index in [9.17, 15) is 14.3 Å². The van der Waals surface area contributed by atoms with Crippen LogP contribution in [0.3, 0.4) is 0 Å². The van der Waals surface area contributed by atoms with Crippen LogP contribution in [-0.4, -0.2) is 27.1 Å². The highest BCUT2D eigenvalue weighted by atomic mass is 19.1. The summed E-state index contributed by atoms with van der Waals surface area (Å²) < 4.78 is 21.1. The Labute approximate surface area is 132 Å². The van der Waals surface area contributed by atoms with Crippen LogP contribution in [0.25, 0.3) is 0 Å². The SMILES string of the molecule is O=NB(O)c1ccc(OCc2cn(C3CCCC3)nn2)cc1F. The quantitative estimate of drug-likeness (QED) is 0.645. The van der Waals surface area contributed by atoms with Gasteiger partial charge in [0.05, 0.1) is 12.2 Å². The van der Waals surface area contributed by atoms with Crippen LogP contribution in [0.1, 0.15) is 37.4 Å². The number of hydrogen-bond acceptors (Lipinski definition) is 6. The molecule has 0 bridgehead atoms. The summed E-state index contributed by atoms with van der Waals surface area (Å²) in [6, 6.07) is 4.25. The number of rotatable bonds is 6. The first kappa shape index (κ1) is 15.6. The normalized spacial score (nSPS) is 14.9. The molecule has 2 aromatic rings. The van der Waals surface area contributed by atoms with E-state index < -0.39 is 12.9 Å². The largest absolute Gasteiger partial charge is 0.520 e. The van der Waals surface area contributed by atoms with Crippen molar-refractivity contribution in [3.63, 3.8) is 0 Å². The number of nitrogens with zero attached hydrogens (tertiary/aromatic N) is 4. The van der Waals surface area contributed by atoms with Crippen molar-refractivity contribution >= 4 is 12.5 Å². The molecule has 1 aromatic heterocycles. The minimum Gasteiger partial charge on any atom is -0.487 e. The Kier molecular flexibility index (Phi) is 4.66. The second-order valence-corrected chi connectivity index (χ2v) is 5.58. The molecular formula is C14H16BFN4O3. The molecule has 0 aliphatic heterocycles. The zero-order chi connectivity index (χ0) is 16.2. The Morgan fingerprint density at radius 3 is 2.91 bits per heavy atom. The minimum absolute atomic E-state index is 0.167. The highest BCUT2D eigenvalue weighted by molar-refractivity contribution is 6.64. The molecule has 1 aliphatic rings. The van der Waals surface area contributed by atoms with Crippen molar-refractivity contribution in [1.29, 1.82) is 0 Å². The van der Waals surface area contributed by atoms with E-state index in [1.165, 1.54) is 25.0 Å². The summed E-state index contributed by atoms with van der Waals surface area (Å²) in [6.07, 6.45) is 6.50. The number of ether oxygens (including phenoxy) is 1. The average Bonchev–Trinajstić information content (AvgIpc) is 3.23. The number of nitroso groups, excluding NO2 is 1. The molecule has 7 nitrogen and oxygen atoms in total. The molecule has 0 saturated heterocycles. The third kappa shape index (κ3) is 3.56. The lowest BCUT2D eigenvalue weighted by Gasteiger charge is -2.07. The zero-order valence-electron chi connectivity index (χ0n) is 12.4. The number of hydrogen-bond donors (Lipinski definition) is 1. The lowest BCUT2D eigenvalue weighted by atomic mass is 9.75. The fraction of sp³-hybridized carbons (Fsp3) is 0.429. The van der Waals surface area contributed by atoms with Gasteiger partial charge in [-0.3, -0.25) is 0 Å². The predicted octanol–water partition coefficient (Wildman–Crippen LogP) is 1.57. The van der Waals surface area contributed by atoms with Crippen LogP contribution in [0.4, 0.5) is 4.39 Å². The molecule has 0 radical (unpaired) electrons. The Hall–Kier alpha value is -2.29. The number of benzene rings is 1. The fourth-order valence-corrected chi connectivity index (χ4v) is 2.75. The summed E-state index contributed by atoms with van der Waals surface area (Å²) in [5, 5.41) is 19.8. The van der Waals surface area contributed by atoms with Crippen LogP contribution in [0.5, 0.6) is 5.75 Å². The van der Waals surface area contributed by atoms with Gasteiger partial charge in [-0.05, 0) is 18.9 Å². The van der Waals surface area contributed by atoms with Crippen LogP contribution >= 0.6 is 0 Å². The molecule has 1 heterocycles. The van der Waals surface area contributed by atoms with Crippen LogP contribution in [-0.2, 0) is 6.61 Å². The van der Waals surface area contributed by atoms with Gasteiger partial charge in [0.2, 0.25) is 0 Å². The van der Waals surface area contributed by atoms with Crippen LogP contribution in [0.2, 0.25) is 0 Å². The monoisotopic (exact) mass is 318 g/mol. The maximum absolute atomic E-state index is 13.8. The van der Waals surface area contributed by atoms with Crippen molar-refractivity contribution in [2.24, 2.45) is 5.09 Å². The van der Waals surface area contributed by atoms with Gasteiger partial charge in [0.25, 0.3) is 0 Å². The first-order valence-corrected chi connectivity index (χ1v) is 7.51. The van der Waals surface area contributed by atoms with E-state index in [0.29, 0.717) is 11.7 Å². The number of halogens is 1. The summed E-state index contributed by atoms with van der Waals surface area (Å²) >= 11 is 0. The second-order valence-electron chi connectivity index (χ2n) is 5.58. The van der Waals surface area contributed by atoms with Crippen LogP contribution in [0, 0.1) is 10.7 Å². The Bertz CT molecular complexity index is 690. The molecule has 0 amide bonds. The van der Waals surface area contributed by atoms with Gasteiger partial charge in [-0.25, -0.2) is 9.07 Å². The van der Waals surface area contributed by atoms with Gasteiger partial charge < -0.3 is 9.76 Å². The van der Waals surface area contributed by atoms with Crippen molar-refractivity contribution in [3.05, 3.63) is 40.8 Å². The maximum Gasteiger partial charge on any atom is 0.520 e. The molecule has 120 valence electrons. The van der Waals surface area contributed by atoms with Gasteiger partial charge in [-0.2, -0.15) is 4.91 Å². The molecule has 3 rings (SSSR count). The van der Waals surface area contributed by atoms with Crippen molar-refractivity contribution in [3.8, 4) is 5.75 Å². The lowest BCUT2D eigenvalue weighted by molar-refractivity contribution is 0.299. The van der Waals surface area contributed by atoms with Gasteiger partial charge in [0.1, 0.15) is 23.9 Å². The molecule has 1 aromatic carbocycles. The third-order valence-corrected chi connectivity index (χ3v) is 3.99. The summed E-state index contributed by atoms with van der Waals surface area (Å²) in [5.74, 6) is -0.469. The van der Waals surface area contributed by atoms with E-state index >= 15 is 0 Å². The fourth-order valence-electron chi connectivity index (χ4n) is 2.75. The summed E-state index contributed by atoms with van der Waals surface area (Å²) in [5.41, 5.74) is 0.482. The number of aromatic nitrogens is 3. The minimum atomic E-state index is -1.71. The molecule has 23 heavy (non-hydrogen) atoms. The van der Waals surface area contributed by atoms with E-state index in [2.05, 4.69) is 15.4 Å². The van der Waals surface area contributed by atoms with Gasteiger partial charge in [-0.15, -0.1) is 5.10 Å². The van der Waals surface area contributed by atoms with Crippen LogP contribution < -0.4 is 10.2 Å². The van der Waals surface area contributed by atoms with Gasteiger partial charge >= 0.3 is 7.05 Å². The molecule has 9 heteroatoms. The van der Waals surface area contributed by atoms with E-state index in [1.54, 1.807) is 0 Å². The molecular weight excluding hydrogens is 302 g/mol. The molecule has 1 N–H and O–H groups in total. The van der Waals surface area contributed by atoms with Crippen molar-refractivity contribution in [1.82, 2.24) is 15.0 Å². The van der Waals surface area contributed by atoms with Crippen LogP contribution in [0.15, 0.2) is 29.5 Å². The van der Waals surface area contributed by atoms with Crippen molar-refractivity contribution in [2.75, 3.05) is 0 Å². The molecule has 1 saturated carbocycles. The van der Waals surface area contributed by atoms with Gasteiger partial charge in [0.15, 0.2) is 0 Å². The molecule has 1 aliphatic carbocycles. The van der Waals surface area contributed by atoms with E-state index in [-0.39, 0.29) is 17.8 Å². The Balaban J connectivity index is 1.62. The third-order valence-electron chi connectivity index (χ3n) is 3.99. The average molecular weight is 318 g/mol. The molecule has 0 unspecified atom stereocenters. The van der Waals surface area contributed by atoms with Crippen molar-refractivity contribution < 1.29 is 14.2 Å². The topological polar surface area (TPSA) is 89.6 Å². The zero-order valence-corrected chi connectivity index (χ0v) is 12.4. The van der Waals surface area contributed by atoms with E-state index in [4.69, 9.17) is 4.74 Å². The maximum atomic E-state index is 13.8. The summed E-state index contributed by atoms with van der Waals surface area (Å²) in [4.78, 5) is 10.2. The second kappa shape index (κ2) is 6.87. The first-order chi connectivity index (χ1) is 11.2. The Morgan fingerprint density at radius 2 is 2.22 bits per heavy atom. The smallest absolute Gasteiger partial charge is 0.487 e. The molecule has 0 spiro atoms. The Morgan fingerprint density at radius 1 is 1.43 bits per heavy atom. The lowest BCUT2D eigenvalue weighted by Crippen LogP contribution is -2.30. The highest BCUT2D eigenvalue weighted by Gasteiger charge is 2.21. The molecule has 0 atom stereocenters. The highest BCUT2D eigenvalue weighted by Crippen LogP contribution is 2.28. The van der Waals surface area contributed by atoms with Gasteiger partial charge in [0, 0.05) is 11.5 Å². The first-order valence-electron chi connectivity index (χ1n) is 7.51. The van der Waals surface area contributed by atoms with Crippen molar-refractivity contribution in [2.45, 2.75) is 38.3 Å². The van der Waals surface area contributed by atoms with Gasteiger partial charge in [-0.1, -0.05) is 29.2 Å². The summed E-state index contributed by atoms with van der Waals surface area (Å²) in [7, 11) is -1.71. The molecule has 1 fully saturated rings. The van der Waals surface area contributed by atoms with E-state index in [0.717, 1.165) is 18.9 Å². The summed E-state index contributed by atoms with van der Waals surface area (Å²) in [6.45, 7) is 0.167.